The molecule has 1 N–H and O–H groups in total. The van der Waals surface area contributed by atoms with E-state index in [1.165, 1.54) is 26.2 Å². The van der Waals surface area contributed by atoms with Crippen molar-refractivity contribution in [3.8, 4) is 28.7 Å². The summed E-state index contributed by atoms with van der Waals surface area (Å²) in [7, 11) is 3.09. The topological polar surface area (TPSA) is 102 Å². The number of benzene rings is 2. The zero-order valence-electron chi connectivity index (χ0n) is 20.6. The lowest BCUT2D eigenvalue weighted by molar-refractivity contribution is -0.129. The Hall–Kier alpha value is -3.62. The van der Waals surface area contributed by atoms with Crippen molar-refractivity contribution < 1.29 is 38.0 Å². The van der Waals surface area contributed by atoms with Gasteiger partial charge in [0.25, 0.3) is 5.91 Å². The van der Waals surface area contributed by atoms with Crippen LogP contribution in [-0.2, 0) is 16.1 Å². The summed E-state index contributed by atoms with van der Waals surface area (Å²) in [6.07, 6.45) is -1.02. The number of nitrogens with one attached hydrogen (secondary N) is 1. The second-order valence-electron chi connectivity index (χ2n) is 7.06. The van der Waals surface area contributed by atoms with Crippen LogP contribution in [0.3, 0.4) is 0 Å². The van der Waals surface area contributed by atoms with E-state index in [9.17, 15) is 9.59 Å². The van der Waals surface area contributed by atoms with Crippen LogP contribution in [0.25, 0.3) is 0 Å². The molecule has 0 fully saturated rings. The number of hydrogen-bond donors (Lipinski definition) is 1. The number of amides is 1. The van der Waals surface area contributed by atoms with Gasteiger partial charge in [0, 0.05) is 6.54 Å². The van der Waals surface area contributed by atoms with Crippen molar-refractivity contribution in [3.63, 3.8) is 0 Å². The molecule has 1 atom stereocenters. The highest BCUT2D eigenvalue weighted by atomic mass is 16.6. The summed E-state index contributed by atoms with van der Waals surface area (Å²) >= 11 is 0. The van der Waals surface area contributed by atoms with Crippen molar-refractivity contribution in [2.24, 2.45) is 0 Å². The van der Waals surface area contributed by atoms with Crippen molar-refractivity contribution in [2.45, 2.75) is 40.3 Å². The molecule has 0 radical (unpaired) electrons. The van der Waals surface area contributed by atoms with Crippen LogP contribution in [-0.4, -0.2) is 52.0 Å². The highest BCUT2D eigenvalue weighted by molar-refractivity contribution is 5.93. The lowest BCUT2D eigenvalue weighted by Gasteiger charge is -2.18. The molecule has 9 heteroatoms. The summed E-state index contributed by atoms with van der Waals surface area (Å²) in [5.41, 5.74) is 0.994. The number of methoxy groups -OCH3 is 2. The number of rotatable bonds is 13. The van der Waals surface area contributed by atoms with E-state index in [0.29, 0.717) is 48.6 Å². The molecule has 0 spiro atoms. The highest BCUT2D eigenvalue weighted by Gasteiger charge is 2.23. The van der Waals surface area contributed by atoms with Crippen molar-refractivity contribution in [3.05, 3.63) is 41.5 Å². The molecule has 0 aliphatic rings. The van der Waals surface area contributed by atoms with Gasteiger partial charge in [-0.05, 0) is 57.5 Å². The fraction of sp³-hybridized carbons (Fsp3) is 0.440. The maximum atomic E-state index is 12.8. The Morgan fingerprint density at radius 3 is 1.94 bits per heavy atom. The van der Waals surface area contributed by atoms with Crippen LogP contribution in [0.15, 0.2) is 30.3 Å². The fourth-order valence-corrected chi connectivity index (χ4v) is 3.11. The van der Waals surface area contributed by atoms with Gasteiger partial charge in [0.2, 0.25) is 5.75 Å². The van der Waals surface area contributed by atoms with Crippen LogP contribution in [0.2, 0.25) is 0 Å². The standard InChI is InChI=1S/C25H33NO8/c1-7-31-21-13-18(14-22(32-8-2)23(21)33-9-3)25(28)34-16(4)24(27)26-15-17-10-11-19(29-5)20(12-17)30-6/h10-14,16H,7-9,15H2,1-6H3,(H,26,27). The maximum absolute atomic E-state index is 12.8. The molecule has 0 saturated carbocycles. The van der Waals surface area contributed by atoms with Crippen LogP contribution < -0.4 is 29.0 Å². The number of hydrogen-bond acceptors (Lipinski definition) is 8. The van der Waals surface area contributed by atoms with E-state index in [4.69, 9.17) is 28.4 Å². The molecule has 1 unspecified atom stereocenters. The van der Waals surface area contributed by atoms with Crippen LogP contribution >= 0.6 is 0 Å². The van der Waals surface area contributed by atoms with Crippen LogP contribution in [0.5, 0.6) is 28.7 Å². The first-order valence-corrected chi connectivity index (χ1v) is 11.1. The van der Waals surface area contributed by atoms with Crippen molar-refractivity contribution in [1.29, 1.82) is 0 Å². The minimum Gasteiger partial charge on any atom is -0.493 e. The Bertz CT molecular complexity index is 948. The minimum atomic E-state index is -1.02. The van der Waals surface area contributed by atoms with E-state index >= 15 is 0 Å². The molecule has 0 saturated heterocycles. The maximum Gasteiger partial charge on any atom is 0.339 e. The quantitative estimate of drug-likeness (QED) is 0.437. The van der Waals surface area contributed by atoms with Crippen LogP contribution in [0, 0.1) is 0 Å². The highest BCUT2D eigenvalue weighted by Crippen LogP contribution is 2.39. The van der Waals surface area contributed by atoms with Crippen LogP contribution in [0.1, 0.15) is 43.6 Å². The molecule has 0 aliphatic heterocycles. The fourth-order valence-electron chi connectivity index (χ4n) is 3.11. The van der Waals surface area contributed by atoms with E-state index in [0.717, 1.165) is 5.56 Å². The predicted molar refractivity (Wildman–Crippen MR) is 126 cm³/mol. The van der Waals surface area contributed by atoms with Gasteiger partial charge in [0.15, 0.2) is 29.1 Å². The molecule has 2 rings (SSSR count). The summed E-state index contributed by atoms with van der Waals surface area (Å²) in [5, 5.41) is 2.75. The summed E-state index contributed by atoms with van der Waals surface area (Å²) in [6.45, 7) is 8.38. The van der Waals surface area contributed by atoms with E-state index in [1.54, 1.807) is 19.2 Å². The normalized spacial score (nSPS) is 11.2. The lowest BCUT2D eigenvalue weighted by Crippen LogP contribution is -2.35. The van der Waals surface area contributed by atoms with Crippen molar-refractivity contribution >= 4 is 11.9 Å². The average molecular weight is 476 g/mol. The molecule has 0 heterocycles. The third-order valence-electron chi connectivity index (χ3n) is 4.71. The zero-order valence-corrected chi connectivity index (χ0v) is 20.6. The Morgan fingerprint density at radius 2 is 1.41 bits per heavy atom. The average Bonchev–Trinajstić information content (AvgIpc) is 2.84. The Morgan fingerprint density at radius 1 is 0.824 bits per heavy atom. The molecule has 9 nitrogen and oxygen atoms in total. The van der Waals surface area contributed by atoms with Gasteiger partial charge in [0.05, 0.1) is 39.6 Å². The molecule has 34 heavy (non-hydrogen) atoms. The Kier molecular flexibility index (Phi) is 10.3. The molecule has 186 valence electrons. The van der Waals surface area contributed by atoms with E-state index < -0.39 is 18.0 Å². The molecular weight excluding hydrogens is 442 g/mol. The van der Waals surface area contributed by atoms with Crippen LogP contribution in [0.4, 0.5) is 0 Å². The third-order valence-corrected chi connectivity index (χ3v) is 4.71. The monoisotopic (exact) mass is 475 g/mol. The first-order chi connectivity index (χ1) is 16.4. The molecule has 2 aromatic carbocycles. The first-order valence-electron chi connectivity index (χ1n) is 11.1. The van der Waals surface area contributed by atoms with Crippen molar-refractivity contribution in [1.82, 2.24) is 5.32 Å². The second-order valence-corrected chi connectivity index (χ2v) is 7.06. The lowest BCUT2D eigenvalue weighted by atomic mass is 10.1. The Balaban J connectivity index is 2.09. The molecular formula is C25H33NO8. The molecule has 0 bridgehead atoms. The third kappa shape index (κ3) is 6.94. The van der Waals surface area contributed by atoms with Gasteiger partial charge in [-0.2, -0.15) is 0 Å². The summed E-state index contributed by atoms with van der Waals surface area (Å²) < 4.78 is 32.8. The van der Waals surface area contributed by atoms with Gasteiger partial charge >= 0.3 is 5.97 Å². The van der Waals surface area contributed by atoms with Crippen molar-refractivity contribution in [2.75, 3.05) is 34.0 Å². The molecule has 2 aromatic rings. The molecule has 0 aliphatic carbocycles. The van der Waals surface area contributed by atoms with Gasteiger partial charge in [0.1, 0.15) is 0 Å². The van der Waals surface area contributed by atoms with E-state index in [-0.39, 0.29) is 12.1 Å². The summed E-state index contributed by atoms with van der Waals surface area (Å²) in [4.78, 5) is 25.3. The zero-order chi connectivity index (χ0) is 25.1. The first kappa shape index (κ1) is 26.6. The summed E-state index contributed by atoms with van der Waals surface area (Å²) in [5.74, 6) is 1.18. The number of carbonyl (C=O) groups is 2. The number of esters is 1. The van der Waals surface area contributed by atoms with Gasteiger partial charge in [-0.3, -0.25) is 4.79 Å². The number of ether oxygens (including phenoxy) is 6. The summed E-state index contributed by atoms with van der Waals surface area (Å²) in [6, 6.07) is 8.37. The largest absolute Gasteiger partial charge is 0.493 e. The SMILES string of the molecule is CCOc1cc(C(=O)OC(C)C(=O)NCc2ccc(OC)c(OC)c2)cc(OCC)c1OCC. The van der Waals surface area contributed by atoms with Gasteiger partial charge < -0.3 is 33.7 Å². The molecule has 1 amide bonds. The Labute approximate surface area is 200 Å². The van der Waals surface area contributed by atoms with Gasteiger partial charge in [-0.1, -0.05) is 6.07 Å². The van der Waals surface area contributed by atoms with E-state index in [1.807, 2.05) is 26.8 Å². The van der Waals surface area contributed by atoms with E-state index in [2.05, 4.69) is 5.32 Å². The molecule has 0 aromatic heterocycles. The second kappa shape index (κ2) is 13.2. The van der Waals surface area contributed by atoms with Gasteiger partial charge in [-0.15, -0.1) is 0 Å². The van der Waals surface area contributed by atoms with Gasteiger partial charge in [-0.25, -0.2) is 4.79 Å². The predicted octanol–water partition coefficient (Wildman–Crippen LogP) is 3.76. The number of carbonyl (C=O) groups excluding carboxylic acids is 2. The minimum absolute atomic E-state index is 0.190. The smallest absolute Gasteiger partial charge is 0.339 e.